The molecule has 108 valence electrons. The van der Waals surface area contributed by atoms with Crippen molar-refractivity contribution < 1.29 is 23.1 Å². The van der Waals surface area contributed by atoms with Crippen LogP contribution < -0.4 is 5.32 Å². The summed E-state index contributed by atoms with van der Waals surface area (Å²) in [5.41, 5.74) is 0. The highest BCUT2D eigenvalue weighted by molar-refractivity contribution is 7.91. The lowest BCUT2D eigenvalue weighted by molar-refractivity contribution is -0.151. The minimum atomic E-state index is -3.00. The minimum Gasteiger partial charge on any atom is -0.480 e. The first-order valence-electron chi connectivity index (χ1n) is 6.32. The normalized spacial score (nSPS) is 30.2. The van der Waals surface area contributed by atoms with Crippen LogP contribution in [0.2, 0.25) is 0 Å². The van der Waals surface area contributed by atoms with E-state index in [-0.39, 0.29) is 36.3 Å². The fourth-order valence-corrected chi connectivity index (χ4v) is 4.48. The molecule has 0 aromatic rings. The maximum Gasteiger partial charge on any atom is 0.327 e. The van der Waals surface area contributed by atoms with Gasteiger partial charge in [0.2, 0.25) is 5.91 Å². The number of hydrogen-bond acceptors (Lipinski definition) is 5. The Bertz CT molecular complexity index is 475. The smallest absolute Gasteiger partial charge is 0.327 e. The molecule has 2 saturated heterocycles. The highest BCUT2D eigenvalue weighted by atomic mass is 32.2. The van der Waals surface area contributed by atoms with E-state index in [1.807, 2.05) is 0 Å². The molecule has 19 heavy (non-hydrogen) atoms. The first-order chi connectivity index (χ1) is 8.89. The van der Waals surface area contributed by atoms with E-state index in [1.54, 1.807) is 0 Å². The van der Waals surface area contributed by atoms with Gasteiger partial charge in [-0.2, -0.15) is 0 Å². The maximum absolute atomic E-state index is 12.1. The van der Waals surface area contributed by atoms with Gasteiger partial charge in [0.1, 0.15) is 6.04 Å². The van der Waals surface area contributed by atoms with Crippen molar-refractivity contribution in [2.75, 3.05) is 31.1 Å². The molecule has 0 aliphatic carbocycles. The summed E-state index contributed by atoms with van der Waals surface area (Å²) < 4.78 is 22.7. The molecule has 0 aromatic carbocycles. The quantitative estimate of drug-likeness (QED) is 0.669. The van der Waals surface area contributed by atoms with Crippen molar-refractivity contribution in [3.05, 3.63) is 0 Å². The summed E-state index contributed by atoms with van der Waals surface area (Å²) in [4.78, 5) is 24.6. The molecule has 2 aliphatic heterocycles. The third-order valence-corrected chi connectivity index (χ3v) is 5.48. The van der Waals surface area contributed by atoms with Gasteiger partial charge in [-0.1, -0.05) is 0 Å². The highest BCUT2D eigenvalue weighted by Gasteiger charge is 2.35. The van der Waals surface area contributed by atoms with Gasteiger partial charge in [-0.05, 0) is 12.3 Å². The van der Waals surface area contributed by atoms with Crippen LogP contribution in [0.5, 0.6) is 0 Å². The van der Waals surface area contributed by atoms with Gasteiger partial charge >= 0.3 is 5.97 Å². The van der Waals surface area contributed by atoms with Crippen molar-refractivity contribution >= 4 is 21.7 Å². The molecular weight excluding hydrogens is 272 g/mol. The lowest BCUT2D eigenvalue weighted by atomic mass is 10.0. The van der Waals surface area contributed by atoms with Crippen molar-refractivity contribution in [1.29, 1.82) is 0 Å². The number of aliphatic carboxylic acids is 1. The molecule has 0 aromatic heterocycles. The van der Waals surface area contributed by atoms with Gasteiger partial charge in [0.15, 0.2) is 9.84 Å². The molecule has 2 heterocycles. The van der Waals surface area contributed by atoms with Crippen molar-refractivity contribution in [1.82, 2.24) is 10.2 Å². The van der Waals surface area contributed by atoms with Gasteiger partial charge in [0, 0.05) is 26.1 Å². The van der Waals surface area contributed by atoms with E-state index in [2.05, 4.69) is 5.32 Å². The molecule has 1 amide bonds. The predicted octanol–water partition coefficient (Wildman–Crippen LogP) is -1.30. The van der Waals surface area contributed by atoms with E-state index < -0.39 is 21.8 Å². The van der Waals surface area contributed by atoms with Crippen LogP contribution in [0.3, 0.4) is 0 Å². The zero-order chi connectivity index (χ0) is 14.0. The van der Waals surface area contributed by atoms with Gasteiger partial charge in [-0.3, -0.25) is 4.79 Å². The summed E-state index contributed by atoms with van der Waals surface area (Å²) in [6.07, 6.45) is 0.626. The van der Waals surface area contributed by atoms with E-state index in [0.29, 0.717) is 19.5 Å². The molecule has 2 N–H and O–H groups in total. The Morgan fingerprint density at radius 3 is 2.68 bits per heavy atom. The molecule has 2 rings (SSSR count). The molecule has 0 saturated carbocycles. The van der Waals surface area contributed by atoms with Gasteiger partial charge in [0.25, 0.3) is 0 Å². The Balaban J connectivity index is 1.97. The van der Waals surface area contributed by atoms with Crippen LogP contribution >= 0.6 is 0 Å². The lowest BCUT2D eigenvalue weighted by Crippen LogP contribution is -2.57. The number of hydrogen-bond donors (Lipinski definition) is 2. The van der Waals surface area contributed by atoms with Crippen LogP contribution in [0.25, 0.3) is 0 Å². The molecule has 0 radical (unpaired) electrons. The molecule has 0 spiro atoms. The van der Waals surface area contributed by atoms with Crippen molar-refractivity contribution in [2.24, 2.45) is 5.92 Å². The van der Waals surface area contributed by atoms with E-state index in [4.69, 9.17) is 5.11 Å². The van der Waals surface area contributed by atoms with Gasteiger partial charge < -0.3 is 15.3 Å². The Morgan fingerprint density at radius 2 is 2.11 bits per heavy atom. The number of carbonyl (C=O) groups excluding carboxylic acids is 1. The number of nitrogens with one attached hydrogen (secondary N) is 1. The largest absolute Gasteiger partial charge is 0.480 e. The number of carbonyl (C=O) groups is 2. The molecule has 7 nitrogen and oxygen atoms in total. The molecule has 2 aliphatic rings. The Labute approximate surface area is 111 Å². The summed E-state index contributed by atoms with van der Waals surface area (Å²) in [7, 11) is -3.00. The van der Waals surface area contributed by atoms with Crippen molar-refractivity contribution in [2.45, 2.75) is 18.9 Å². The lowest BCUT2D eigenvalue weighted by Gasteiger charge is -2.34. The van der Waals surface area contributed by atoms with E-state index in [1.165, 1.54) is 4.90 Å². The summed E-state index contributed by atoms with van der Waals surface area (Å²) in [5, 5.41) is 12.0. The zero-order valence-electron chi connectivity index (χ0n) is 10.5. The van der Waals surface area contributed by atoms with Gasteiger partial charge in [0.05, 0.1) is 11.5 Å². The summed E-state index contributed by atoms with van der Waals surface area (Å²) in [6.45, 7) is 1.16. The summed E-state index contributed by atoms with van der Waals surface area (Å²) in [5.74, 6) is -1.27. The number of rotatable bonds is 3. The Kier molecular flexibility index (Phi) is 4.10. The fourth-order valence-electron chi connectivity index (χ4n) is 2.62. The standard InChI is InChI=1S/C11H18N2O5S/c14-10(5-8-1-4-19(17,18)7-8)13-3-2-12-6-9(13)11(15)16/h8-9,12H,1-7H2,(H,15,16). The van der Waals surface area contributed by atoms with E-state index in [9.17, 15) is 18.0 Å². The minimum absolute atomic E-state index is 0.0442. The predicted molar refractivity (Wildman–Crippen MR) is 67.4 cm³/mol. The molecule has 2 fully saturated rings. The second kappa shape index (κ2) is 5.46. The highest BCUT2D eigenvalue weighted by Crippen LogP contribution is 2.23. The number of piperazine rings is 1. The van der Waals surface area contributed by atoms with E-state index in [0.717, 1.165) is 0 Å². The number of carboxylic acids is 1. The van der Waals surface area contributed by atoms with Crippen LogP contribution in [0.15, 0.2) is 0 Å². The number of nitrogens with zero attached hydrogens (tertiary/aromatic N) is 1. The first kappa shape index (κ1) is 14.3. The molecule has 2 unspecified atom stereocenters. The third kappa shape index (κ3) is 3.44. The topological polar surface area (TPSA) is 104 Å². The van der Waals surface area contributed by atoms with Crippen LogP contribution in [0.1, 0.15) is 12.8 Å². The van der Waals surface area contributed by atoms with Gasteiger partial charge in [-0.25, -0.2) is 13.2 Å². The van der Waals surface area contributed by atoms with Crippen LogP contribution in [-0.2, 0) is 19.4 Å². The number of carboxylic acid groups (broad SMARTS) is 1. The van der Waals surface area contributed by atoms with Gasteiger partial charge in [-0.15, -0.1) is 0 Å². The molecular formula is C11H18N2O5S. The SMILES string of the molecule is O=C(O)C1CNCCN1C(=O)CC1CCS(=O)(=O)C1. The fraction of sp³-hybridized carbons (Fsp3) is 0.818. The van der Waals surface area contributed by atoms with Crippen LogP contribution in [0, 0.1) is 5.92 Å². The zero-order valence-corrected chi connectivity index (χ0v) is 11.4. The maximum atomic E-state index is 12.1. The average Bonchev–Trinajstić information content (AvgIpc) is 2.68. The molecule has 8 heteroatoms. The third-order valence-electron chi connectivity index (χ3n) is 3.64. The first-order valence-corrected chi connectivity index (χ1v) is 8.14. The van der Waals surface area contributed by atoms with Crippen LogP contribution in [-0.4, -0.2) is 67.5 Å². The summed E-state index contributed by atoms with van der Waals surface area (Å²) >= 11 is 0. The average molecular weight is 290 g/mol. The Hall–Kier alpha value is -1.15. The number of sulfone groups is 1. The second-order valence-electron chi connectivity index (χ2n) is 5.12. The molecule has 2 atom stereocenters. The molecule has 0 bridgehead atoms. The summed E-state index contributed by atoms with van der Waals surface area (Å²) in [6, 6.07) is -0.848. The van der Waals surface area contributed by atoms with Crippen molar-refractivity contribution in [3.63, 3.8) is 0 Å². The number of amides is 1. The monoisotopic (exact) mass is 290 g/mol. The van der Waals surface area contributed by atoms with Crippen LogP contribution in [0.4, 0.5) is 0 Å². The van der Waals surface area contributed by atoms with E-state index >= 15 is 0 Å². The second-order valence-corrected chi connectivity index (χ2v) is 7.35. The van der Waals surface area contributed by atoms with Crippen molar-refractivity contribution in [3.8, 4) is 0 Å². The Morgan fingerprint density at radius 1 is 1.37 bits per heavy atom.